The fourth-order valence-electron chi connectivity index (χ4n) is 2.35. The molecule has 6 nitrogen and oxygen atoms in total. The number of pyridine rings is 1. The number of hydrogen-bond donors (Lipinski definition) is 4. The monoisotopic (exact) mass is 298 g/mol. The van der Waals surface area contributed by atoms with Gasteiger partial charge in [-0.05, 0) is 24.3 Å². The molecule has 0 amide bonds. The van der Waals surface area contributed by atoms with Gasteiger partial charge in [-0.25, -0.2) is 4.98 Å². The number of anilines is 2. The highest BCUT2D eigenvalue weighted by atomic mass is 16.5. The maximum atomic E-state index is 9.11. The molecule has 0 radical (unpaired) electrons. The van der Waals surface area contributed by atoms with Gasteiger partial charge in [0.2, 0.25) is 0 Å². The Balaban J connectivity index is 2.08. The fraction of sp³-hybridized carbons (Fsp3) is 0.188. The topological polar surface area (TPSA) is 81.8 Å². The molecule has 0 bridgehead atoms. The second-order valence-electron chi connectivity index (χ2n) is 4.93. The molecule has 114 valence electrons. The highest BCUT2D eigenvalue weighted by molar-refractivity contribution is 5.77. The lowest BCUT2D eigenvalue weighted by molar-refractivity contribution is -0.0276. The Morgan fingerprint density at radius 2 is 1.91 bits per heavy atom. The Morgan fingerprint density at radius 3 is 2.59 bits per heavy atom. The van der Waals surface area contributed by atoms with Gasteiger partial charge in [0.05, 0.1) is 6.54 Å². The van der Waals surface area contributed by atoms with Crippen LogP contribution in [0.5, 0.6) is 0 Å². The van der Waals surface area contributed by atoms with Crippen LogP contribution < -0.4 is 10.6 Å². The molecule has 6 heteroatoms. The third-order valence-corrected chi connectivity index (χ3v) is 3.43. The Hall–Kier alpha value is -2.57. The predicted octanol–water partition coefficient (Wildman–Crippen LogP) is 1.77. The number of aliphatic hydroxyl groups excluding tert-OH is 1. The summed E-state index contributed by atoms with van der Waals surface area (Å²) in [4.78, 5) is 4.63. The number of hydrogen-bond acceptors (Lipinski definition) is 5. The highest BCUT2D eigenvalue weighted by Gasteiger charge is 2.14. The SMILES string of the molecule is CNc1ccc(-c2nc3ccccn3c2NCC(O)O)cc1. The summed E-state index contributed by atoms with van der Waals surface area (Å²) < 4.78 is 1.89. The first kappa shape index (κ1) is 14.4. The van der Waals surface area contributed by atoms with Gasteiger partial charge in [-0.3, -0.25) is 4.40 Å². The van der Waals surface area contributed by atoms with Crippen molar-refractivity contribution in [2.45, 2.75) is 6.29 Å². The summed E-state index contributed by atoms with van der Waals surface area (Å²) in [5.74, 6) is 0.737. The third-order valence-electron chi connectivity index (χ3n) is 3.43. The molecule has 0 saturated carbocycles. The van der Waals surface area contributed by atoms with Crippen LogP contribution in [0.25, 0.3) is 16.9 Å². The Morgan fingerprint density at radius 1 is 1.14 bits per heavy atom. The Kier molecular flexibility index (Phi) is 3.95. The van der Waals surface area contributed by atoms with Gasteiger partial charge in [0.25, 0.3) is 0 Å². The molecule has 0 atom stereocenters. The Labute approximate surface area is 128 Å². The zero-order valence-corrected chi connectivity index (χ0v) is 12.2. The van der Waals surface area contributed by atoms with Crippen LogP contribution in [0.3, 0.4) is 0 Å². The van der Waals surface area contributed by atoms with Gasteiger partial charge in [0.15, 0.2) is 6.29 Å². The molecule has 0 unspecified atom stereocenters. The summed E-state index contributed by atoms with van der Waals surface area (Å²) in [5.41, 5.74) is 3.55. The van der Waals surface area contributed by atoms with Gasteiger partial charge in [-0.2, -0.15) is 0 Å². The van der Waals surface area contributed by atoms with E-state index in [4.69, 9.17) is 10.2 Å². The van der Waals surface area contributed by atoms with Crippen molar-refractivity contribution >= 4 is 17.2 Å². The molecule has 3 rings (SSSR count). The van der Waals surface area contributed by atoms with Crippen molar-refractivity contribution in [3.8, 4) is 11.3 Å². The van der Waals surface area contributed by atoms with E-state index in [2.05, 4.69) is 15.6 Å². The number of benzene rings is 1. The van der Waals surface area contributed by atoms with Gasteiger partial charge in [0.1, 0.15) is 17.2 Å². The number of aromatic nitrogens is 2. The average Bonchev–Trinajstić information content (AvgIpc) is 2.91. The number of rotatable bonds is 5. The first-order valence-corrected chi connectivity index (χ1v) is 7.04. The molecule has 0 saturated heterocycles. The second-order valence-corrected chi connectivity index (χ2v) is 4.93. The molecule has 4 N–H and O–H groups in total. The van der Waals surface area contributed by atoms with Crippen LogP contribution in [0.4, 0.5) is 11.5 Å². The minimum atomic E-state index is -1.42. The average molecular weight is 298 g/mol. The minimum Gasteiger partial charge on any atom is -0.388 e. The van der Waals surface area contributed by atoms with E-state index < -0.39 is 6.29 Å². The number of aliphatic hydroxyl groups is 2. The maximum Gasteiger partial charge on any atom is 0.169 e. The van der Waals surface area contributed by atoms with Crippen molar-refractivity contribution in [1.29, 1.82) is 0 Å². The molecule has 0 aliphatic heterocycles. The van der Waals surface area contributed by atoms with E-state index in [1.54, 1.807) is 0 Å². The lowest BCUT2D eigenvalue weighted by Crippen LogP contribution is -2.19. The van der Waals surface area contributed by atoms with E-state index in [1.807, 2.05) is 60.1 Å². The summed E-state index contributed by atoms with van der Waals surface area (Å²) in [7, 11) is 1.87. The first-order chi connectivity index (χ1) is 10.7. The summed E-state index contributed by atoms with van der Waals surface area (Å²) in [6, 6.07) is 13.6. The molecule has 1 aromatic carbocycles. The normalized spacial score (nSPS) is 11.1. The fourth-order valence-corrected chi connectivity index (χ4v) is 2.35. The lowest BCUT2D eigenvalue weighted by atomic mass is 10.1. The van der Waals surface area contributed by atoms with Crippen LogP contribution in [0.1, 0.15) is 0 Å². The van der Waals surface area contributed by atoms with E-state index in [0.29, 0.717) is 0 Å². The molecule has 0 fully saturated rings. The summed E-state index contributed by atoms with van der Waals surface area (Å²) in [5, 5.41) is 24.3. The second kappa shape index (κ2) is 6.05. The van der Waals surface area contributed by atoms with Gasteiger partial charge < -0.3 is 20.8 Å². The zero-order valence-electron chi connectivity index (χ0n) is 12.2. The zero-order chi connectivity index (χ0) is 15.5. The van der Waals surface area contributed by atoms with Crippen LogP contribution in [0, 0.1) is 0 Å². The molecule has 22 heavy (non-hydrogen) atoms. The van der Waals surface area contributed by atoms with Crippen LogP contribution in [-0.2, 0) is 0 Å². The van der Waals surface area contributed by atoms with Crippen molar-refractivity contribution in [2.75, 3.05) is 24.2 Å². The molecular formula is C16H18N4O2. The first-order valence-electron chi connectivity index (χ1n) is 7.04. The van der Waals surface area contributed by atoms with E-state index >= 15 is 0 Å². The van der Waals surface area contributed by atoms with Crippen LogP contribution in [0.15, 0.2) is 48.7 Å². The van der Waals surface area contributed by atoms with Gasteiger partial charge in [0, 0.05) is 24.5 Å². The van der Waals surface area contributed by atoms with Crippen LogP contribution >= 0.6 is 0 Å². The summed E-state index contributed by atoms with van der Waals surface area (Å²) in [6.07, 6.45) is 0.466. The third kappa shape index (κ3) is 2.74. The summed E-state index contributed by atoms with van der Waals surface area (Å²) >= 11 is 0. The Bertz CT molecular complexity index is 765. The van der Waals surface area contributed by atoms with Crippen molar-refractivity contribution < 1.29 is 10.2 Å². The quantitative estimate of drug-likeness (QED) is 0.540. The number of nitrogens with one attached hydrogen (secondary N) is 2. The van der Waals surface area contributed by atoms with Crippen LogP contribution in [-0.4, -0.2) is 39.5 Å². The van der Waals surface area contributed by atoms with E-state index in [0.717, 1.165) is 28.4 Å². The van der Waals surface area contributed by atoms with E-state index in [1.165, 1.54) is 0 Å². The minimum absolute atomic E-state index is 0.0320. The van der Waals surface area contributed by atoms with Crippen molar-refractivity contribution in [1.82, 2.24) is 9.38 Å². The molecule has 0 aliphatic rings. The molecule has 0 spiro atoms. The molecular weight excluding hydrogens is 280 g/mol. The number of imidazole rings is 1. The van der Waals surface area contributed by atoms with Crippen molar-refractivity contribution in [3.63, 3.8) is 0 Å². The largest absolute Gasteiger partial charge is 0.388 e. The predicted molar refractivity (Wildman–Crippen MR) is 86.9 cm³/mol. The van der Waals surface area contributed by atoms with E-state index in [-0.39, 0.29) is 6.54 Å². The van der Waals surface area contributed by atoms with Crippen LogP contribution in [0.2, 0.25) is 0 Å². The maximum absolute atomic E-state index is 9.11. The number of nitrogens with zero attached hydrogens (tertiary/aromatic N) is 2. The summed E-state index contributed by atoms with van der Waals surface area (Å²) in [6.45, 7) is 0.0320. The highest BCUT2D eigenvalue weighted by Crippen LogP contribution is 2.29. The van der Waals surface area contributed by atoms with Crippen molar-refractivity contribution in [2.24, 2.45) is 0 Å². The number of fused-ring (bicyclic) bond motifs is 1. The molecule has 0 aliphatic carbocycles. The van der Waals surface area contributed by atoms with Gasteiger partial charge in [-0.1, -0.05) is 18.2 Å². The molecule has 2 heterocycles. The van der Waals surface area contributed by atoms with E-state index in [9.17, 15) is 0 Å². The van der Waals surface area contributed by atoms with Gasteiger partial charge >= 0.3 is 0 Å². The smallest absolute Gasteiger partial charge is 0.169 e. The standard InChI is InChI=1S/C16H18N4O2/c1-17-12-7-5-11(6-8-12)15-16(18-10-14(21)22)20-9-3-2-4-13(20)19-15/h2-9,14,17-18,21-22H,10H2,1H3. The molecule has 3 aromatic rings. The van der Waals surface area contributed by atoms with Gasteiger partial charge in [-0.15, -0.1) is 0 Å². The molecule has 2 aromatic heterocycles. The lowest BCUT2D eigenvalue weighted by Gasteiger charge is -2.10. The van der Waals surface area contributed by atoms with Crippen molar-refractivity contribution in [3.05, 3.63) is 48.7 Å².